The number of hydrazine groups is 1. The third kappa shape index (κ3) is 3.96. The van der Waals surface area contributed by atoms with Crippen molar-refractivity contribution in [1.82, 2.24) is 25.7 Å². The third-order valence-electron chi connectivity index (χ3n) is 5.21. The lowest BCUT2D eigenvalue weighted by Crippen LogP contribution is -2.48. The van der Waals surface area contributed by atoms with Crippen molar-refractivity contribution in [2.24, 2.45) is 5.92 Å². The Morgan fingerprint density at radius 3 is 2.48 bits per heavy atom. The number of aromatic amines is 1. The Kier molecular flexibility index (Phi) is 5.24. The minimum absolute atomic E-state index is 0.0566. The van der Waals surface area contributed by atoms with Crippen LogP contribution in [-0.4, -0.2) is 45.7 Å². The van der Waals surface area contributed by atoms with Gasteiger partial charge in [0.2, 0.25) is 5.91 Å². The van der Waals surface area contributed by atoms with Crippen LogP contribution < -0.4 is 10.9 Å². The second-order valence-corrected chi connectivity index (χ2v) is 6.99. The summed E-state index contributed by atoms with van der Waals surface area (Å²) < 4.78 is 0. The molecule has 4 rings (SSSR count). The first-order valence-electron chi connectivity index (χ1n) is 9.49. The number of aromatic nitrogens is 2. The smallest absolute Gasteiger partial charge is 0.271 e. The van der Waals surface area contributed by atoms with Gasteiger partial charge in [-0.25, -0.2) is 0 Å². The number of para-hydroxylation sites is 1. The van der Waals surface area contributed by atoms with Gasteiger partial charge in [-0.05, 0) is 31.0 Å². The SMILES string of the molecule is O=C(NNC(=O)C1CCN(C(=O)c2ccncc2)CC1)c1c[nH]c2ccccc12. The number of hydrogen-bond acceptors (Lipinski definition) is 4. The standard InChI is InChI=1S/C21H21N5O3/c27-19(24-25-20(28)17-13-23-18-4-2-1-3-16(17)18)14-7-11-26(12-8-14)21(29)15-5-9-22-10-6-15/h1-6,9-10,13-14,23H,7-8,11-12H2,(H,24,27)(H,25,28). The van der Waals surface area contributed by atoms with E-state index in [4.69, 9.17) is 0 Å². The molecule has 0 bridgehead atoms. The van der Waals surface area contributed by atoms with Gasteiger partial charge in [-0.1, -0.05) is 18.2 Å². The molecule has 8 heteroatoms. The van der Waals surface area contributed by atoms with E-state index in [-0.39, 0.29) is 23.6 Å². The number of pyridine rings is 1. The van der Waals surface area contributed by atoms with Gasteiger partial charge in [0.1, 0.15) is 0 Å². The van der Waals surface area contributed by atoms with Crippen LogP contribution in [-0.2, 0) is 4.79 Å². The summed E-state index contributed by atoms with van der Waals surface area (Å²) in [7, 11) is 0. The Morgan fingerprint density at radius 2 is 1.72 bits per heavy atom. The number of likely N-dealkylation sites (tertiary alicyclic amines) is 1. The monoisotopic (exact) mass is 391 g/mol. The maximum Gasteiger partial charge on any atom is 0.271 e. The van der Waals surface area contributed by atoms with Crippen molar-refractivity contribution in [2.45, 2.75) is 12.8 Å². The summed E-state index contributed by atoms with van der Waals surface area (Å²) in [4.78, 5) is 46.0. The predicted octanol–water partition coefficient (Wildman–Crippen LogP) is 1.88. The summed E-state index contributed by atoms with van der Waals surface area (Å²) in [6.07, 6.45) is 5.89. The summed E-state index contributed by atoms with van der Waals surface area (Å²) >= 11 is 0. The van der Waals surface area contributed by atoms with E-state index in [0.29, 0.717) is 37.1 Å². The molecule has 3 amide bonds. The molecule has 1 aliphatic rings. The van der Waals surface area contributed by atoms with E-state index in [1.165, 1.54) is 0 Å². The Labute approximate surface area is 167 Å². The summed E-state index contributed by atoms with van der Waals surface area (Å²) in [5.74, 6) is -0.922. The van der Waals surface area contributed by atoms with Gasteiger partial charge in [0.05, 0.1) is 5.56 Å². The lowest BCUT2D eigenvalue weighted by Gasteiger charge is -2.31. The zero-order chi connectivity index (χ0) is 20.2. The second-order valence-electron chi connectivity index (χ2n) is 6.99. The van der Waals surface area contributed by atoms with E-state index in [1.807, 2.05) is 24.3 Å². The highest BCUT2D eigenvalue weighted by Crippen LogP contribution is 2.20. The molecular weight excluding hydrogens is 370 g/mol. The van der Waals surface area contributed by atoms with Gasteiger partial charge in [-0.15, -0.1) is 0 Å². The fourth-order valence-electron chi connectivity index (χ4n) is 3.57. The number of amides is 3. The van der Waals surface area contributed by atoms with Crippen molar-refractivity contribution in [1.29, 1.82) is 0 Å². The quantitative estimate of drug-likeness (QED) is 0.593. The number of H-pyrrole nitrogens is 1. The minimum atomic E-state index is -0.374. The van der Waals surface area contributed by atoms with Crippen LogP contribution in [0.15, 0.2) is 55.0 Å². The number of nitrogens with one attached hydrogen (secondary N) is 3. The first-order chi connectivity index (χ1) is 14.1. The first kappa shape index (κ1) is 18.7. The fraction of sp³-hybridized carbons (Fsp3) is 0.238. The van der Waals surface area contributed by atoms with E-state index in [0.717, 1.165) is 10.9 Å². The molecule has 0 aliphatic carbocycles. The van der Waals surface area contributed by atoms with Crippen LogP contribution in [0.4, 0.5) is 0 Å². The number of carbonyl (C=O) groups excluding carboxylic acids is 3. The van der Waals surface area contributed by atoms with Gasteiger partial charge in [0.15, 0.2) is 0 Å². The van der Waals surface area contributed by atoms with E-state index in [9.17, 15) is 14.4 Å². The van der Waals surface area contributed by atoms with Crippen molar-refractivity contribution < 1.29 is 14.4 Å². The molecule has 1 fully saturated rings. The van der Waals surface area contributed by atoms with Crippen molar-refractivity contribution >= 4 is 28.6 Å². The predicted molar refractivity (Wildman–Crippen MR) is 107 cm³/mol. The van der Waals surface area contributed by atoms with Crippen LogP contribution >= 0.6 is 0 Å². The summed E-state index contributed by atoms with van der Waals surface area (Å²) in [6, 6.07) is 10.8. The van der Waals surface area contributed by atoms with Crippen LogP contribution in [0.2, 0.25) is 0 Å². The molecule has 148 valence electrons. The van der Waals surface area contributed by atoms with Crippen molar-refractivity contribution in [3.63, 3.8) is 0 Å². The van der Waals surface area contributed by atoms with Crippen molar-refractivity contribution in [2.75, 3.05) is 13.1 Å². The Balaban J connectivity index is 1.29. The van der Waals surface area contributed by atoms with E-state index >= 15 is 0 Å². The van der Waals surface area contributed by atoms with Crippen LogP contribution in [0.25, 0.3) is 10.9 Å². The lowest BCUT2D eigenvalue weighted by molar-refractivity contribution is -0.127. The van der Waals surface area contributed by atoms with E-state index in [2.05, 4.69) is 20.8 Å². The van der Waals surface area contributed by atoms with Crippen molar-refractivity contribution in [3.05, 3.63) is 66.1 Å². The number of rotatable bonds is 3. The molecular formula is C21H21N5O3. The van der Waals surface area contributed by atoms with Gasteiger partial charge in [-0.3, -0.25) is 30.2 Å². The molecule has 3 aromatic rings. The highest BCUT2D eigenvalue weighted by molar-refractivity contribution is 6.07. The van der Waals surface area contributed by atoms with Gasteiger partial charge in [0.25, 0.3) is 11.8 Å². The van der Waals surface area contributed by atoms with Gasteiger partial charge in [0, 0.05) is 54.1 Å². The Morgan fingerprint density at radius 1 is 1.00 bits per heavy atom. The molecule has 3 N–H and O–H groups in total. The molecule has 3 heterocycles. The molecule has 0 radical (unpaired) electrons. The second kappa shape index (κ2) is 8.14. The molecule has 0 atom stereocenters. The highest BCUT2D eigenvalue weighted by Gasteiger charge is 2.28. The summed E-state index contributed by atoms with van der Waals surface area (Å²) in [6.45, 7) is 0.991. The first-order valence-corrected chi connectivity index (χ1v) is 9.49. The molecule has 2 aromatic heterocycles. The zero-order valence-electron chi connectivity index (χ0n) is 15.7. The fourth-order valence-corrected chi connectivity index (χ4v) is 3.57. The number of carbonyl (C=O) groups is 3. The van der Waals surface area contributed by atoms with Crippen molar-refractivity contribution in [3.8, 4) is 0 Å². The van der Waals surface area contributed by atoms with Crippen LogP contribution in [0.3, 0.4) is 0 Å². The normalized spacial score (nSPS) is 14.6. The number of nitrogens with zero attached hydrogens (tertiary/aromatic N) is 2. The number of benzene rings is 1. The highest BCUT2D eigenvalue weighted by atomic mass is 16.2. The van der Waals surface area contributed by atoms with Gasteiger partial charge >= 0.3 is 0 Å². The van der Waals surface area contributed by atoms with Gasteiger partial charge in [-0.2, -0.15) is 0 Å². The Hall–Kier alpha value is -3.68. The van der Waals surface area contributed by atoms with Crippen LogP contribution in [0.1, 0.15) is 33.6 Å². The molecule has 0 spiro atoms. The van der Waals surface area contributed by atoms with Crippen LogP contribution in [0.5, 0.6) is 0 Å². The molecule has 0 unspecified atom stereocenters. The molecule has 1 saturated heterocycles. The average molecular weight is 391 g/mol. The maximum atomic E-state index is 12.5. The largest absolute Gasteiger partial charge is 0.360 e. The topological polar surface area (TPSA) is 107 Å². The number of piperidine rings is 1. The number of hydrogen-bond donors (Lipinski definition) is 3. The van der Waals surface area contributed by atoms with E-state index in [1.54, 1.807) is 35.6 Å². The molecule has 1 aromatic carbocycles. The summed E-state index contributed by atoms with van der Waals surface area (Å²) in [5.41, 5.74) is 6.92. The van der Waals surface area contributed by atoms with Gasteiger partial charge < -0.3 is 9.88 Å². The molecule has 1 aliphatic heterocycles. The van der Waals surface area contributed by atoms with E-state index < -0.39 is 0 Å². The molecule has 8 nitrogen and oxygen atoms in total. The maximum absolute atomic E-state index is 12.5. The lowest BCUT2D eigenvalue weighted by atomic mass is 9.96. The Bertz CT molecular complexity index is 1040. The van der Waals surface area contributed by atoms with Crippen LogP contribution in [0, 0.1) is 5.92 Å². The zero-order valence-corrected chi connectivity index (χ0v) is 15.7. The summed E-state index contributed by atoms with van der Waals surface area (Å²) in [5, 5.41) is 0.794. The molecule has 29 heavy (non-hydrogen) atoms. The number of fused-ring (bicyclic) bond motifs is 1. The average Bonchev–Trinajstić information content (AvgIpc) is 3.22. The third-order valence-corrected chi connectivity index (χ3v) is 5.21. The minimum Gasteiger partial charge on any atom is -0.360 e. The molecule has 0 saturated carbocycles.